The highest BCUT2D eigenvalue weighted by Crippen LogP contribution is 1.98. The van der Waals surface area contributed by atoms with Crippen LogP contribution in [0.15, 0.2) is 0 Å². The lowest BCUT2D eigenvalue weighted by Crippen LogP contribution is -2.24. The molecule has 3 N–H and O–H groups in total. The number of hydrogen-bond acceptors (Lipinski definition) is 3. The van der Waals surface area contributed by atoms with E-state index < -0.39 is 0 Å². The molecule has 0 fully saturated rings. The van der Waals surface area contributed by atoms with Crippen molar-refractivity contribution in [2.45, 2.75) is 0 Å². The Bertz CT molecular complexity index is 151. The van der Waals surface area contributed by atoms with Gasteiger partial charge in [-0.25, -0.2) is 0 Å². The first-order chi connectivity index (χ1) is 4.54. The highest BCUT2D eigenvalue weighted by Gasteiger charge is 2.03. The lowest BCUT2D eigenvalue weighted by molar-refractivity contribution is -0.125. The van der Waals surface area contributed by atoms with Gasteiger partial charge in [-0.3, -0.25) is 10.2 Å². The molecule has 0 heterocycles. The maximum Gasteiger partial charge on any atom is 0.232 e. The van der Waals surface area contributed by atoms with Crippen LogP contribution in [-0.2, 0) is 4.79 Å². The number of amidine groups is 1. The summed E-state index contributed by atoms with van der Waals surface area (Å²) in [5.74, 6) is 0.225. The van der Waals surface area contributed by atoms with Crippen LogP contribution < -0.4 is 5.73 Å². The number of rotatable bonds is 2. The van der Waals surface area contributed by atoms with Crippen LogP contribution in [0.4, 0.5) is 0 Å². The first-order valence-corrected chi connectivity index (χ1v) is 3.69. The average Bonchev–Trinajstić information content (AvgIpc) is 1.82. The molecule has 0 aromatic heterocycles. The predicted octanol–water partition coefficient (Wildman–Crippen LogP) is 0.123. The number of amides is 1. The Morgan fingerprint density at radius 3 is 2.36 bits per heavy atom. The van der Waals surface area contributed by atoms with Crippen LogP contribution >= 0.6 is 24.2 Å². The van der Waals surface area contributed by atoms with E-state index in [1.807, 2.05) is 0 Å². The van der Waals surface area contributed by atoms with Gasteiger partial charge < -0.3 is 10.6 Å². The van der Waals surface area contributed by atoms with E-state index in [-0.39, 0.29) is 29.2 Å². The van der Waals surface area contributed by atoms with Crippen molar-refractivity contribution in [3.8, 4) is 0 Å². The third-order valence-corrected chi connectivity index (χ3v) is 1.55. The molecule has 0 saturated carbocycles. The number of nitrogens with two attached hydrogens (primary N) is 1. The van der Waals surface area contributed by atoms with Crippen LogP contribution in [0.5, 0.6) is 0 Å². The Balaban J connectivity index is 0. The van der Waals surface area contributed by atoms with Crippen LogP contribution in [0.1, 0.15) is 0 Å². The topological polar surface area (TPSA) is 70.2 Å². The molecule has 11 heavy (non-hydrogen) atoms. The molecule has 0 radical (unpaired) electrons. The third-order valence-electron chi connectivity index (χ3n) is 0.850. The van der Waals surface area contributed by atoms with Gasteiger partial charge in [0.1, 0.15) is 0 Å². The number of carbonyl (C=O) groups excluding carboxylic acids is 1. The molecule has 0 aromatic carbocycles. The fraction of sp³-hybridized carbons (Fsp3) is 0.600. The van der Waals surface area contributed by atoms with Gasteiger partial charge in [0, 0.05) is 14.1 Å². The summed E-state index contributed by atoms with van der Waals surface area (Å²) in [6, 6.07) is 0. The lowest BCUT2D eigenvalue weighted by atomic mass is 10.6. The minimum atomic E-state index is -0.0276. The predicted molar refractivity (Wildman–Crippen MR) is 50.3 cm³/mol. The number of thioether (sulfide) groups is 1. The quantitative estimate of drug-likeness (QED) is 0.488. The number of nitrogens with zero attached hydrogens (tertiary/aromatic N) is 1. The van der Waals surface area contributed by atoms with Crippen LogP contribution in [0.2, 0.25) is 0 Å². The molecule has 0 unspecified atom stereocenters. The van der Waals surface area contributed by atoms with E-state index in [2.05, 4.69) is 0 Å². The highest BCUT2D eigenvalue weighted by molar-refractivity contribution is 8.14. The summed E-state index contributed by atoms with van der Waals surface area (Å²) in [5.41, 5.74) is 5.02. The molecule has 0 aliphatic carbocycles. The van der Waals surface area contributed by atoms with E-state index in [0.29, 0.717) is 0 Å². The molecule has 6 heteroatoms. The molecule has 0 rings (SSSR count). The minimum absolute atomic E-state index is 0. The maximum absolute atomic E-state index is 10.8. The van der Waals surface area contributed by atoms with Crippen molar-refractivity contribution in [1.82, 2.24) is 4.90 Å². The first-order valence-electron chi connectivity index (χ1n) is 2.71. The number of hydrogen-bond donors (Lipinski definition) is 2. The highest BCUT2D eigenvalue weighted by atomic mass is 35.5. The van der Waals surface area contributed by atoms with Gasteiger partial charge in [0.05, 0.1) is 5.75 Å². The average molecular weight is 198 g/mol. The molecular formula is C5H12ClN3OS. The molecule has 1 amide bonds. The van der Waals surface area contributed by atoms with Crippen molar-refractivity contribution in [1.29, 1.82) is 5.41 Å². The molecular weight excluding hydrogens is 186 g/mol. The van der Waals surface area contributed by atoms with E-state index in [0.717, 1.165) is 11.8 Å². The Hall–Kier alpha value is -0.420. The van der Waals surface area contributed by atoms with Crippen molar-refractivity contribution < 1.29 is 4.79 Å². The normalized spacial score (nSPS) is 8.18. The molecule has 0 aliphatic rings. The molecule has 66 valence electrons. The van der Waals surface area contributed by atoms with E-state index >= 15 is 0 Å². The Kier molecular flexibility index (Phi) is 7.55. The summed E-state index contributed by atoms with van der Waals surface area (Å²) < 4.78 is 0. The van der Waals surface area contributed by atoms with Gasteiger partial charge in [-0.15, -0.1) is 12.4 Å². The van der Waals surface area contributed by atoms with Crippen molar-refractivity contribution in [3.63, 3.8) is 0 Å². The maximum atomic E-state index is 10.8. The van der Waals surface area contributed by atoms with Gasteiger partial charge in [0.25, 0.3) is 0 Å². The Morgan fingerprint density at radius 2 is 2.09 bits per heavy atom. The fourth-order valence-electron chi connectivity index (χ4n) is 0.269. The van der Waals surface area contributed by atoms with E-state index in [4.69, 9.17) is 11.1 Å². The largest absolute Gasteiger partial charge is 0.379 e. The number of nitrogens with one attached hydrogen (secondary N) is 1. The van der Waals surface area contributed by atoms with E-state index in [9.17, 15) is 4.79 Å². The first kappa shape index (κ1) is 13.2. The van der Waals surface area contributed by atoms with Crippen molar-refractivity contribution in [2.24, 2.45) is 5.73 Å². The lowest BCUT2D eigenvalue weighted by Gasteiger charge is -2.08. The fourth-order valence-corrected chi connectivity index (χ4v) is 0.806. The zero-order valence-electron chi connectivity index (χ0n) is 6.46. The Labute approximate surface area is 76.4 Å². The molecule has 0 spiro atoms. The van der Waals surface area contributed by atoms with Crippen LogP contribution in [-0.4, -0.2) is 35.8 Å². The molecule has 0 atom stereocenters. The van der Waals surface area contributed by atoms with E-state index in [1.54, 1.807) is 14.1 Å². The zero-order chi connectivity index (χ0) is 8.15. The SMILES string of the molecule is CN(C)C(=O)CSC(=N)N.Cl. The van der Waals surface area contributed by atoms with Crippen LogP contribution in [0, 0.1) is 5.41 Å². The summed E-state index contributed by atoms with van der Waals surface area (Å²) in [5, 5.41) is 6.78. The second kappa shape index (κ2) is 6.30. The molecule has 0 aromatic rings. The summed E-state index contributed by atoms with van der Waals surface area (Å²) in [6.07, 6.45) is 0. The molecule has 0 aliphatic heterocycles. The molecule has 4 nitrogen and oxygen atoms in total. The van der Waals surface area contributed by atoms with Gasteiger partial charge in [-0.1, -0.05) is 11.8 Å². The van der Waals surface area contributed by atoms with Gasteiger partial charge in [-0.2, -0.15) is 0 Å². The van der Waals surface area contributed by atoms with Crippen LogP contribution in [0.25, 0.3) is 0 Å². The minimum Gasteiger partial charge on any atom is -0.379 e. The smallest absolute Gasteiger partial charge is 0.232 e. The zero-order valence-corrected chi connectivity index (χ0v) is 8.09. The van der Waals surface area contributed by atoms with Crippen molar-refractivity contribution >= 4 is 35.2 Å². The number of halogens is 1. The van der Waals surface area contributed by atoms with Gasteiger partial charge in [0.2, 0.25) is 5.91 Å². The third kappa shape index (κ3) is 7.48. The summed E-state index contributed by atoms with van der Waals surface area (Å²) in [7, 11) is 3.34. The Morgan fingerprint density at radius 1 is 1.64 bits per heavy atom. The molecule has 0 saturated heterocycles. The second-order valence-electron chi connectivity index (χ2n) is 1.94. The molecule has 0 bridgehead atoms. The van der Waals surface area contributed by atoms with Gasteiger partial charge in [0.15, 0.2) is 5.17 Å². The summed E-state index contributed by atoms with van der Waals surface area (Å²) >= 11 is 1.04. The number of carbonyl (C=O) groups is 1. The monoisotopic (exact) mass is 197 g/mol. The van der Waals surface area contributed by atoms with Crippen molar-refractivity contribution in [2.75, 3.05) is 19.8 Å². The van der Waals surface area contributed by atoms with Gasteiger partial charge in [-0.05, 0) is 0 Å². The van der Waals surface area contributed by atoms with Crippen molar-refractivity contribution in [3.05, 3.63) is 0 Å². The van der Waals surface area contributed by atoms with Crippen LogP contribution in [0.3, 0.4) is 0 Å². The standard InChI is InChI=1S/C5H11N3OS.ClH/c1-8(2)4(9)3-10-5(6)7;/h3H2,1-2H3,(H3,6,7);1H. The summed E-state index contributed by atoms with van der Waals surface area (Å²) in [4.78, 5) is 12.3. The van der Waals surface area contributed by atoms with Gasteiger partial charge >= 0.3 is 0 Å². The summed E-state index contributed by atoms with van der Waals surface area (Å²) in [6.45, 7) is 0. The van der Waals surface area contributed by atoms with E-state index in [1.165, 1.54) is 4.90 Å². The second-order valence-corrected chi connectivity index (χ2v) is 2.96.